The molecule has 2 saturated carbocycles. The van der Waals surface area contributed by atoms with Gasteiger partial charge in [-0.25, -0.2) is 0 Å². The Bertz CT molecular complexity index is 438. The monoisotopic (exact) mass is 411 g/mol. The Morgan fingerprint density at radius 2 is 1.48 bits per heavy atom. The molecule has 0 atom stereocenters. The molecule has 0 heterocycles. The molecule has 0 bridgehead atoms. The minimum Gasteiger partial charge on any atom is -0.384 e. The molecule has 2 fully saturated rings. The summed E-state index contributed by atoms with van der Waals surface area (Å²) < 4.78 is 11.1. The molecule has 0 spiro atoms. The number of amides is 1. The maximum absolute atomic E-state index is 12.1. The molecule has 0 aromatic heterocycles. The molecule has 1 N–H and O–H groups in total. The normalized spacial score (nSPS) is 26.9. The molecular formula is C24H45NO4. The van der Waals surface area contributed by atoms with Crippen molar-refractivity contribution in [2.75, 3.05) is 26.9 Å². The summed E-state index contributed by atoms with van der Waals surface area (Å²) >= 11 is 0. The van der Waals surface area contributed by atoms with E-state index in [9.17, 15) is 9.59 Å². The van der Waals surface area contributed by atoms with Gasteiger partial charge in [-0.2, -0.15) is 0 Å². The summed E-state index contributed by atoms with van der Waals surface area (Å²) in [5, 5.41) is 3.14. The number of methoxy groups -OCH3 is 1. The number of Topliss-reactive ketones (excluding diaryl/α,β-unsaturated/α-hetero) is 1. The fraction of sp³-hybridized carbons (Fsp3) is 0.917. The van der Waals surface area contributed by atoms with E-state index in [0.717, 1.165) is 51.2 Å². The summed E-state index contributed by atoms with van der Waals surface area (Å²) in [7, 11) is 1.78. The summed E-state index contributed by atoms with van der Waals surface area (Å²) in [6.45, 7) is 8.32. The molecule has 0 unspecified atom stereocenters. The lowest BCUT2D eigenvalue weighted by Gasteiger charge is -2.28. The maximum atomic E-state index is 12.1. The van der Waals surface area contributed by atoms with Crippen molar-refractivity contribution < 1.29 is 19.1 Å². The van der Waals surface area contributed by atoms with Crippen molar-refractivity contribution in [3.63, 3.8) is 0 Å². The van der Waals surface area contributed by atoms with E-state index in [1.165, 1.54) is 25.7 Å². The molecule has 0 aromatic rings. The van der Waals surface area contributed by atoms with E-state index in [4.69, 9.17) is 9.47 Å². The third-order valence-electron chi connectivity index (χ3n) is 6.31. The van der Waals surface area contributed by atoms with Crippen molar-refractivity contribution in [1.82, 2.24) is 5.32 Å². The van der Waals surface area contributed by atoms with Crippen molar-refractivity contribution in [2.45, 2.75) is 97.4 Å². The second-order valence-electron chi connectivity index (χ2n) is 8.46. The highest BCUT2D eigenvalue weighted by Crippen LogP contribution is 2.29. The number of nitrogens with one attached hydrogen (secondary N) is 1. The van der Waals surface area contributed by atoms with Crippen LogP contribution >= 0.6 is 0 Å². The number of carbonyl (C=O) groups excluding carboxylic acids is 2. The first-order chi connectivity index (χ1) is 14.1. The van der Waals surface area contributed by atoms with Crippen LogP contribution in [0.1, 0.15) is 91.4 Å². The van der Waals surface area contributed by atoms with Crippen LogP contribution < -0.4 is 5.32 Å². The molecule has 170 valence electrons. The Morgan fingerprint density at radius 3 is 2.03 bits per heavy atom. The number of ketones is 1. The molecule has 2 aliphatic rings. The standard InChI is InChI=1S/C22H39NO4.C2H6/c1-3-21(24)19-10-12-20(13-11-19)23-22(25)5-4-14-27-16-18-8-6-17(7-9-18)15-26-2;1-2/h17-20H,3-16H2,1-2H3,(H,23,25);1-2H3. The van der Waals surface area contributed by atoms with E-state index in [0.29, 0.717) is 31.1 Å². The topological polar surface area (TPSA) is 64.6 Å². The van der Waals surface area contributed by atoms with Gasteiger partial charge in [-0.3, -0.25) is 9.59 Å². The lowest BCUT2D eigenvalue weighted by molar-refractivity contribution is -0.124. The van der Waals surface area contributed by atoms with Gasteiger partial charge in [0.15, 0.2) is 0 Å². The van der Waals surface area contributed by atoms with Crippen molar-refractivity contribution in [2.24, 2.45) is 17.8 Å². The molecule has 0 aromatic carbocycles. The molecule has 0 aliphatic heterocycles. The lowest BCUT2D eigenvalue weighted by Crippen LogP contribution is -2.38. The van der Waals surface area contributed by atoms with Gasteiger partial charge in [0, 0.05) is 51.7 Å². The van der Waals surface area contributed by atoms with Gasteiger partial charge in [-0.05, 0) is 69.6 Å². The fourth-order valence-electron chi connectivity index (χ4n) is 4.53. The molecule has 2 aliphatic carbocycles. The maximum Gasteiger partial charge on any atom is 0.220 e. The molecule has 1 amide bonds. The van der Waals surface area contributed by atoms with E-state index in [-0.39, 0.29) is 17.9 Å². The van der Waals surface area contributed by atoms with Crippen molar-refractivity contribution >= 4 is 11.7 Å². The van der Waals surface area contributed by atoms with Gasteiger partial charge in [0.1, 0.15) is 5.78 Å². The largest absolute Gasteiger partial charge is 0.384 e. The Morgan fingerprint density at radius 1 is 0.897 bits per heavy atom. The van der Waals surface area contributed by atoms with Crippen LogP contribution in [0.25, 0.3) is 0 Å². The van der Waals surface area contributed by atoms with Crippen molar-refractivity contribution in [1.29, 1.82) is 0 Å². The average molecular weight is 412 g/mol. The Hall–Kier alpha value is -0.940. The smallest absolute Gasteiger partial charge is 0.220 e. The first-order valence-electron chi connectivity index (χ1n) is 12.0. The van der Waals surface area contributed by atoms with Gasteiger partial charge < -0.3 is 14.8 Å². The first kappa shape index (κ1) is 26.1. The van der Waals surface area contributed by atoms with Crippen LogP contribution in [-0.2, 0) is 19.1 Å². The minimum absolute atomic E-state index is 0.129. The molecule has 5 heteroatoms. The van der Waals surface area contributed by atoms with Crippen LogP contribution in [0.2, 0.25) is 0 Å². The van der Waals surface area contributed by atoms with Crippen LogP contribution in [0.3, 0.4) is 0 Å². The highest BCUT2D eigenvalue weighted by atomic mass is 16.5. The van der Waals surface area contributed by atoms with Gasteiger partial charge in [-0.1, -0.05) is 20.8 Å². The number of ether oxygens (including phenoxy) is 2. The lowest BCUT2D eigenvalue weighted by atomic mass is 9.83. The van der Waals surface area contributed by atoms with Gasteiger partial charge in [0.25, 0.3) is 0 Å². The predicted molar refractivity (Wildman–Crippen MR) is 118 cm³/mol. The zero-order chi connectivity index (χ0) is 21.5. The summed E-state index contributed by atoms with van der Waals surface area (Å²) in [4.78, 5) is 23.9. The Kier molecular flexibility index (Phi) is 14.3. The van der Waals surface area contributed by atoms with Crippen LogP contribution in [0.5, 0.6) is 0 Å². The third kappa shape index (κ3) is 10.6. The third-order valence-corrected chi connectivity index (χ3v) is 6.31. The number of rotatable bonds is 11. The second kappa shape index (κ2) is 15.8. The molecular weight excluding hydrogens is 366 g/mol. The Labute approximate surface area is 178 Å². The average Bonchev–Trinajstić information content (AvgIpc) is 2.76. The molecule has 29 heavy (non-hydrogen) atoms. The Balaban J connectivity index is 0.00000204. The molecule has 0 radical (unpaired) electrons. The minimum atomic E-state index is 0.129. The SMILES string of the molecule is CC.CCC(=O)C1CCC(NC(=O)CCCOCC2CCC(COC)CC2)CC1. The van der Waals surface area contributed by atoms with Crippen molar-refractivity contribution in [3.8, 4) is 0 Å². The summed E-state index contributed by atoms with van der Waals surface area (Å²) in [6, 6.07) is 0.251. The number of hydrogen-bond acceptors (Lipinski definition) is 4. The van der Waals surface area contributed by atoms with Gasteiger partial charge in [-0.15, -0.1) is 0 Å². The first-order valence-corrected chi connectivity index (χ1v) is 12.0. The van der Waals surface area contributed by atoms with Crippen LogP contribution in [-0.4, -0.2) is 44.7 Å². The summed E-state index contributed by atoms with van der Waals surface area (Å²) in [5.41, 5.74) is 0. The number of hydrogen-bond donors (Lipinski definition) is 1. The molecule has 2 rings (SSSR count). The van der Waals surface area contributed by atoms with E-state index in [1.807, 2.05) is 20.8 Å². The van der Waals surface area contributed by atoms with E-state index in [1.54, 1.807) is 7.11 Å². The predicted octanol–water partition coefficient (Wildman–Crippen LogP) is 4.92. The van der Waals surface area contributed by atoms with Crippen LogP contribution in [0, 0.1) is 17.8 Å². The van der Waals surface area contributed by atoms with Gasteiger partial charge in [0.05, 0.1) is 0 Å². The highest BCUT2D eigenvalue weighted by Gasteiger charge is 2.26. The van der Waals surface area contributed by atoms with E-state index >= 15 is 0 Å². The van der Waals surface area contributed by atoms with E-state index < -0.39 is 0 Å². The van der Waals surface area contributed by atoms with Gasteiger partial charge >= 0.3 is 0 Å². The van der Waals surface area contributed by atoms with Crippen LogP contribution in [0.15, 0.2) is 0 Å². The highest BCUT2D eigenvalue weighted by molar-refractivity contribution is 5.80. The van der Waals surface area contributed by atoms with Crippen LogP contribution in [0.4, 0.5) is 0 Å². The second-order valence-corrected chi connectivity index (χ2v) is 8.46. The summed E-state index contributed by atoms with van der Waals surface area (Å²) in [6.07, 6.45) is 10.6. The fourth-order valence-corrected chi connectivity index (χ4v) is 4.53. The number of carbonyl (C=O) groups is 2. The molecule has 5 nitrogen and oxygen atoms in total. The molecule has 0 saturated heterocycles. The van der Waals surface area contributed by atoms with Crippen molar-refractivity contribution in [3.05, 3.63) is 0 Å². The zero-order valence-electron chi connectivity index (χ0n) is 19.3. The quantitative estimate of drug-likeness (QED) is 0.490. The summed E-state index contributed by atoms with van der Waals surface area (Å²) in [5.74, 6) is 2.13. The zero-order valence-corrected chi connectivity index (χ0v) is 19.3. The van der Waals surface area contributed by atoms with Gasteiger partial charge in [0.2, 0.25) is 5.91 Å². The van der Waals surface area contributed by atoms with E-state index in [2.05, 4.69) is 5.32 Å².